The number of anilines is 5. The predicted molar refractivity (Wildman–Crippen MR) is 204 cm³/mol. The Kier molecular flexibility index (Phi) is 9.80. The summed E-state index contributed by atoms with van der Waals surface area (Å²) in [6, 6.07) is 8.50. The van der Waals surface area contributed by atoms with E-state index >= 15 is 0 Å². The lowest BCUT2D eigenvalue weighted by molar-refractivity contribution is 0.0981. The van der Waals surface area contributed by atoms with Gasteiger partial charge in [0.05, 0.1) is 28.1 Å². The minimum atomic E-state index is -2.77. The van der Waals surface area contributed by atoms with Gasteiger partial charge in [0.2, 0.25) is 11.8 Å². The highest BCUT2D eigenvalue weighted by Gasteiger charge is 2.29. The summed E-state index contributed by atoms with van der Waals surface area (Å²) in [6.45, 7) is 9.84. The van der Waals surface area contributed by atoms with Crippen molar-refractivity contribution in [1.82, 2.24) is 39.3 Å². The number of nitrogens with one attached hydrogen (secondary N) is 2. The molecule has 7 rings (SSSR count). The van der Waals surface area contributed by atoms with Gasteiger partial charge in [-0.1, -0.05) is 0 Å². The first-order chi connectivity index (χ1) is 24.1. The van der Waals surface area contributed by atoms with Crippen LogP contribution in [0.25, 0.3) is 22.2 Å². The molecule has 0 amide bonds. The van der Waals surface area contributed by atoms with E-state index in [-0.39, 0.29) is 0 Å². The Morgan fingerprint density at radius 2 is 1.68 bits per heavy atom. The maximum Gasteiger partial charge on any atom is 0.239 e. The number of ether oxygens (including phenoxy) is 1. The highest BCUT2D eigenvalue weighted by molar-refractivity contribution is 9.10. The summed E-state index contributed by atoms with van der Waals surface area (Å²) in [5.41, 5.74) is 4.63. The fraction of sp³-hybridized carbons (Fsp3) is 0.400. The summed E-state index contributed by atoms with van der Waals surface area (Å²) in [5.74, 6) is 2.20. The molecule has 0 unspecified atom stereocenters. The zero-order chi connectivity index (χ0) is 35.0. The van der Waals surface area contributed by atoms with Crippen molar-refractivity contribution in [3.05, 3.63) is 59.7 Å². The second-order valence-electron chi connectivity index (χ2n) is 13.4. The molecule has 5 aromatic rings. The number of fused-ring (bicyclic) bond motifs is 1. The van der Waals surface area contributed by atoms with Crippen molar-refractivity contribution in [3.63, 3.8) is 0 Å². The van der Waals surface area contributed by atoms with Gasteiger partial charge in [-0.25, -0.2) is 4.98 Å². The summed E-state index contributed by atoms with van der Waals surface area (Å²) in [5, 5.41) is 7.36. The van der Waals surface area contributed by atoms with Crippen molar-refractivity contribution in [2.75, 3.05) is 82.3 Å². The van der Waals surface area contributed by atoms with Crippen LogP contribution in [0.15, 0.2) is 59.7 Å². The Balaban J connectivity index is 1.18. The number of nitrogens with zero attached hydrogens (tertiary/aromatic N) is 9. The number of aromatic nitrogens is 6. The molecule has 13 nitrogen and oxygen atoms in total. The molecule has 0 bridgehead atoms. The van der Waals surface area contributed by atoms with E-state index in [1.165, 1.54) is 0 Å². The first-order valence-electron chi connectivity index (χ1n) is 16.8. The van der Waals surface area contributed by atoms with Crippen molar-refractivity contribution < 1.29 is 9.30 Å². The zero-order valence-corrected chi connectivity index (χ0v) is 31.6. The van der Waals surface area contributed by atoms with E-state index < -0.39 is 7.14 Å². The van der Waals surface area contributed by atoms with Gasteiger partial charge in [-0.2, -0.15) is 9.97 Å². The summed E-state index contributed by atoms with van der Waals surface area (Å²) in [6.07, 6.45) is 11.3. The molecule has 6 heterocycles. The first kappa shape index (κ1) is 34.4. The average Bonchev–Trinajstić information content (AvgIpc) is 3.55. The summed E-state index contributed by atoms with van der Waals surface area (Å²) in [7, 11) is 3.09. The van der Waals surface area contributed by atoms with E-state index in [4.69, 9.17) is 14.7 Å². The third-order valence-corrected chi connectivity index (χ3v) is 11.6. The van der Waals surface area contributed by atoms with Crippen molar-refractivity contribution in [2.24, 2.45) is 7.05 Å². The molecule has 4 aromatic heterocycles. The van der Waals surface area contributed by atoms with Crippen LogP contribution in [0.4, 0.5) is 29.0 Å². The smallest absolute Gasteiger partial charge is 0.239 e. The van der Waals surface area contributed by atoms with Crippen LogP contribution in [0.5, 0.6) is 5.88 Å². The number of hydrogen-bond acceptors (Lipinski definition) is 12. The van der Waals surface area contributed by atoms with Crippen LogP contribution in [0.2, 0.25) is 0 Å². The minimum absolute atomic E-state index is 0.342. The van der Waals surface area contributed by atoms with E-state index in [1.807, 2.05) is 29.9 Å². The topological polar surface area (TPSA) is 129 Å². The summed E-state index contributed by atoms with van der Waals surface area (Å²) >= 11 is 3.59. The van der Waals surface area contributed by atoms with Crippen LogP contribution >= 0.6 is 23.1 Å². The molecule has 1 aromatic carbocycles. The largest absolute Gasteiger partial charge is 0.479 e. The average molecular weight is 761 g/mol. The molecule has 0 aliphatic carbocycles. The minimum Gasteiger partial charge on any atom is -0.479 e. The lowest BCUT2D eigenvalue weighted by atomic mass is 10.0. The number of likely N-dealkylation sites (N-methyl/N-ethyl adjacent to an activating group) is 1. The molecule has 2 fully saturated rings. The Hall–Kier alpha value is -4.10. The van der Waals surface area contributed by atoms with E-state index in [0.29, 0.717) is 55.9 Å². The van der Waals surface area contributed by atoms with Crippen molar-refractivity contribution in [3.8, 4) is 17.0 Å². The number of piperidine rings is 1. The third-order valence-electron chi connectivity index (χ3n) is 9.52. The molecule has 2 aliphatic rings. The third kappa shape index (κ3) is 7.20. The Bertz CT molecular complexity index is 2050. The molecule has 0 atom stereocenters. The lowest BCUT2D eigenvalue weighted by Crippen LogP contribution is -2.52. The normalized spacial score (nSPS) is 16.6. The van der Waals surface area contributed by atoms with E-state index in [0.717, 1.165) is 69.1 Å². The van der Waals surface area contributed by atoms with Gasteiger partial charge >= 0.3 is 0 Å². The van der Waals surface area contributed by atoms with Crippen LogP contribution in [-0.4, -0.2) is 112 Å². The highest BCUT2D eigenvalue weighted by atomic mass is 79.9. The van der Waals surface area contributed by atoms with E-state index in [2.05, 4.69) is 81.6 Å². The number of hydrogen-bond donors (Lipinski definition) is 2. The van der Waals surface area contributed by atoms with Crippen LogP contribution in [0, 0.1) is 0 Å². The quantitative estimate of drug-likeness (QED) is 0.183. The summed E-state index contributed by atoms with van der Waals surface area (Å²) < 4.78 is 22.1. The molecule has 0 radical (unpaired) electrons. The maximum atomic E-state index is 13.5. The van der Waals surface area contributed by atoms with Crippen LogP contribution in [0.1, 0.15) is 12.8 Å². The molecule has 262 valence electrons. The van der Waals surface area contributed by atoms with Crippen LogP contribution in [0.3, 0.4) is 0 Å². The first-order valence-corrected chi connectivity index (χ1v) is 20.2. The molecule has 0 saturated carbocycles. The fourth-order valence-electron chi connectivity index (χ4n) is 6.91. The Morgan fingerprint density at radius 1 is 0.920 bits per heavy atom. The van der Waals surface area contributed by atoms with Crippen molar-refractivity contribution >= 4 is 68.4 Å². The number of benzene rings is 1. The SMILES string of the molecule is COc1nc(N2CCC(N3CCN(C)CC3)CC2)c(-c2ccn(C)c2)cc1Nc1ncc(Br)c(Nc2ccc3nccnc3c2P(C)(C)=O)n1. The van der Waals surface area contributed by atoms with Gasteiger partial charge in [0, 0.05) is 94.5 Å². The molecular formula is C35H43BrN11O2P. The second kappa shape index (κ2) is 14.3. The molecule has 0 spiro atoms. The van der Waals surface area contributed by atoms with Crippen LogP contribution < -0.4 is 25.6 Å². The Morgan fingerprint density at radius 3 is 2.38 bits per heavy atom. The highest BCUT2D eigenvalue weighted by Crippen LogP contribution is 2.42. The Labute approximate surface area is 301 Å². The second-order valence-corrected chi connectivity index (χ2v) is 17.4. The van der Waals surface area contributed by atoms with Gasteiger partial charge < -0.3 is 34.3 Å². The van der Waals surface area contributed by atoms with E-state index in [9.17, 15) is 4.57 Å². The van der Waals surface area contributed by atoms with Gasteiger partial charge in [0.25, 0.3) is 0 Å². The van der Waals surface area contributed by atoms with Gasteiger partial charge in [0.1, 0.15) is 30.0 Å². The molecular weight excluding hydrogens is 717 g/mol. The number of aryl methyl sites for hydroxylation is 1. The number of rotatable bonds is 9. The van der Waals surface area contributed by atoms with Gasteiger partial charge in [0.15, 0.2) is 0 Å². The number of methoxy groups -OCH3 is 1. The molecule has 50 heavy (non-hydrogen) atoms. The number of halogens is 1. The standard InChI is InChI=1S/C35H43BrN11O2P/c1-44-16-18-46(19-17-44)24-9-14-47(15-10-24)33-25(23-8-13-45(2)22-23)20-29(34(43-33)49-3)41-35-39-21-26(36)32(42-35)40-28-7-6-27-30(38-12-11-37-27)31(28)50(4,5)48/h6-8,11-13,20-22,24H,9-10,14-19H2,1-5H3,(H2,39,40,41,42). The van der Waals surface area contributed by atoms with Gasteiger partial charge in [-0.3, -0.25) is 14.9 Å². The molecule has 2 saturated heterocycles. The number of pyridine rings is 1. The van der Waals surface area contributed by atoms with Gasteiger partial charge in [-0.05, 0) is 73.4 Å². The van der Waals surface area contributed by atoms with Gasteiger partial charge in [-0.15, -0.1) is 0 Å². The maximum absolute atomic E-state index is 13.5. The molecule has 2 aliphatic heterocycles. The predicted octanol–water partition coefficient (Wildman–Crippen LogP) is 5.54. The number of piperazine rings is 1. The van der Waals surface area contributed by atoms with E-state index in [1.54, 1.807) is 39.0 Å². The fourth-order valence-corrected chi connectivity index (χ4v) is 8.59. The molecule has 2 N–H and O–H groups in total. The monoisotopic (exact) mass is 759 g/mol. The zero-order valence-electron chi connectivity index (χ0n) is 29.1. The van der Waals surface area contributed by atoms with Crippen molar-refractivity contribution in [2.45, 2.75) is 18.9 Å². The van der Waals surface area contributed by atoms with Crippen molar-refractivity contribution in [1.29, 1.82) is 0 Å². The summed E-state index contributed by atoms with van der Waals surface area (Å²) in [4.78, 5) is 30.9. The lowest BCUT2D eigenvalue weighted by Gasteiger charge is -2.42. The van der Waals surface area contributed by atoms with Crippen LogP contribution in [-0.2, 0) is 11.6 Å². The molecule has 15 heteroatoms.